The molecule has 7 heteroatoms. The summed E-state index contributed by atoms with van der Waals surface area (Å²) in [6, 6.07) is 9.27. The molecule has 2 aromatic carbocycles. The number of fused-ring (bicyclic) bond motifs is 1. The van der Waals surface area contributed by atoms with Gasteiger partial charge in [0.15, 0.2) is 0 Å². The molecule has 1 aliphatic heterocycles. The van der Waals surface area contributed by atoms with Crippen LogP contribution in [0.25, 0.3) is 0 Å². The molecular weight excluding hydrogens is 335 g/mol. The van der Waals surface area contributed by atoms with Crippen LogP contribution in [0.5, 0.6) is 0 Å². The summed E-state index contributed by atoms with van der Waals surface area (Å²) >= 11 is 0. The van der Waals surface area contributed by atoms with E-state index < -0.39 is 17.7 Å². The molecule has 0 bridgehead atoms. The predicted octanol–water partition coefficient (Wildman–Crippen LogP) is 3.68. The molecule has 0 fully saturated rings. The molecule has 1 N–H and O–H groups in total. The Hall–Kier alpha value is -3.05. The molecule has 3 rings (SSSR count). The Morgan fingerprint density at radius 3 is 2.40 bits per heavy atom. The number of carbonyl (C=O) groups excluding carboxylic acids is 1. The Kier molecular flexibility index (Phi) is 4.10. The van der Waals surface area contributed by atoms with E-state index in [-0.39, 0.29) is 24.2 Å². The van der Waals surface area contributed by atoms with E-state index in [1.807, 2.05) is 0 Å². The van der Waals surface area contributed by atoms with Crippen LogP contribution in [0.1, 0.15) is 27.0 Å². The molecule has 0 unspecified atom stereocenters. The first-order valence-electron chi connectivity index (χ1n) is 7.34. The summed E-state index contributed by atoms with van der Waals surface area (Å²) < 4.78 is 37.9. The summed E-state index contributed by atoms with van der Waals surface area (Å²) in [4.78, 5) is 24.2. The van der Waals surface area contributed by atoms with Crippen molar-refractivity contribution in [1.82, 2.24) is 0 Å². The van der Waals surface area contributed by atoms with Gasteiger partial charge in [-0.25, -0.2) is 9.59 Å². The molecule has 2 aromatic rings. The van der Waals surface area contributed by atoms with E-state index in [1.54, 1.807) is 18.1 Å². The number of carboxylic acids is 1. The fourth-order valence-electron chi connectivity index (χ4n) is 2.88. The SMILES string of the molecule is O=C=C1Cc2cccc(C(=O)O)c2N1Cc1ccc(C(F)(F)F)cc1. The molecule has 4 nitrogen and oxygen atoms in total. The topological polar surface area (TPSA) is 57.6 Å². The first kappa shape index (κ1) is 16.8. The maximum Gasteiger partial charge on any atom is 0.416 e. The Balaban J connectivity index is 1.98. The van der Waals surface area contributed by atoms with Crippen molar-refractivity contribution in [2.24, 2.45) is 0 Å². The molecule has 1 heterocycles. The standard InChI is InChI=1S/C18H12F3NO3/c19-18(20,21)13-6-4-11(5-7-13)9-22-14(10-23)8-12-2-1-3-15(16(12)22)17(24)25/h1-7H,8-9H2,(H,24,25). The zero-order chi connectivity index (χ0) is 18.2. The summed E-state index contributed by atoms with van der Waals surface area (Å²) in [7, 11) is 0. The van der Waals surface area contributed by atoms with Crippen LogP contribution in [0.2, 0.25) is 0 Å². The van der Waals surface area contributed by atoms with Crippen molar-refractivity contribution in [1.29, 1.82) is 0 Å². The van der Waals surface area contributed by atoms with Crippen molar-refractivity contribution < 1.29 is 27.9 Å². The number of rotatable bonds is 3. The summed E-state index contributed by atoms with van der Waals surface area (Å²) in [5, 5.41) is 9.36. The fraction of sp³-hybridized carbons (Fsp3) is 0.167. The second kappa shape index (κ2) is 6.11. The summed E-state index contributed by atoms with van der Waals surface area (Å²) in [5.41, 5.74) is 1.10. The van der Waals surface area contributed by atoms with Crippen LogP contribution in [0.15, 0.2) is 48.2 Å². The Morgan fingerprint density at radius 1 is 1.16 bits per heavy atom. The molecule has 0 aliphatic carbocycles. The lowest BCUT2D eigenvalue weighted by molar-refractivity contribution is -0.137. The Morgan fingerprint density at radius 2 is 1.84 bits per heavy atom. The average molecular weight is 347 g/mol. The van der Waals surface area contributed by atoms with E-state index in [4.69, 9.17) is 0 Å². The van der Waals surface area contributed by atoms with Gasteiger partial charge in [0.1, 0.15) is 11.6 Å². The van der Waals surface area contributed by atoms with Crippen LogP contribution in [0, 0.1) is 0 Å². The molecule has 0 saturated carbocycles. The number of carbonyl (C=O) groups is 1. The van der Waals surface area contributed by atoms with Gasteiger partial charge in [-0.2, -0.15) is 13.2 Å². The van der Waals surface area contributed by atoms with Crippen LogP contribution in [-0.4, -0.2) is 17.0 Å². The number of para-hydroxylation sites is 1. The second-order valence-corrected chi connectivity index (χ2v) is 5.62. The quantitative estimate of drug-likeness (QED) is 0.861. The van der Waals surface area contributed by atoms with Gasteiger partial charge in [0, 0.05) is 13.0 Å². The summed E-state index contributed by atoms with van der Waals surface area (Å²) in [6.45, 7) is 0.0833. The minimum Gasteiger partial charge on any atom is -0.478 e. The largest absolute Gasteiger partial charge is 0.478 e. The van der Waals surface area contributed by atoms with Gasteiger partial charge in [0.25, 0.3) is 0 Å². The van der Waals surface area contributed by atoms with E-state index in [0.717, 1.165) is 12.1 Å². The molecule has 0 radical (unpaired) electrons. The number of alkyl halides is 3. The van der Waals surface area contributed by atoms with E-state index >= 15 is 0 Å². The minimum atomic E-state index is -4.43. The normalized spacial score (nSPS) is 13.6. The van der Waals surface area contributed by atoms with Gasteiger partial charge in [-0.15, -0.1) is 0 Å². The van der Waals surface area contributed by atoms with Gasteiger partial charge < -0.3 is 10.0 Å². The third-order valence-electron chi connectivity index (χ3n) is 4.04. The van der Waals surface area contributed by atoms with Crippen molar-refractivity contribution >= 4 is 17.6 Å². The number of hydrogen-bond donors (Lipinski definition) is 1. The highest BCUT2D eigenvalue weighted by atomic mass is 19.4. The van der Waals surface area contributed by atoms with E-state index in [1.165, 1.54) is 23.1 Å². The van der Waals surface area contributed by atoms with Crippen LogP contribution in [0.4, 0.5) is 18.9 Å². The maximum absolute atomic E-state index is 12.6. The van der Waals surface area contributed by atoms with Crippen molar-refractivity contribution in [3.63, 3.8) is 0 Å². The number of benzene rings is 2. The van der Waals surface area contributed by atoms with E-state index in [2.05, 4.69) is 0 Å². The minimum absolute atomic E-state index is 0.0367. The lowest BCUT2D eigenvalue weighted by Crippen LogP contribution is -2.21. The van der Waals surface area contributed by atoms with Gasteiger partial charge in [-0.1, -0.05) is 24.3 Å². The summed E-state index contributed by atoms with van der Waals surface area (Å²) in [6.07, 6.45) is -4.19. The maximum atomic E-state index is 12.6. The molecular formula is C18H12F3NO3. The van der Waals surface area contributed by atoms with E-state index in [9.17, 15) is 27.9 Å². The van der Waals surface area contributed by atoms with Gasteiger partial charge in [-0.3, -0.25) is 0 Å². The predicted molar refractivity (Wildman–Crippen MR) is 83.9 cm³/mol. The smallest absolute Gasteiger partial charge is 0.416 e. The molecule has 0 spiro atoms. The molecule has 0 aromatic heterocycles. The van der Waals surface area contributed by atoms with Crippen LogP contribution in [-0.2, 0) is 23.9 Å². The number of nitrogens with zero attached hydrogens (tertiary/aromatic N) is 1. The zero-order valence-electron chi connectivity index (χ0n) is 12.8. The van der Waals surface area contributed by atoms with Crippen LogP contribution >= 0.6 is 0 Å². The lowest BCUT2D eigenvalue weighted by Gasteiger charge is -2.21. The third kappa shape index (κ3) is 3.14. The average Bonchev–Trinajstić information content (AvgIpc) is 2.92. The van der Waals surface area contributed by atoms with Gasteiger partial charge in [0.05, 0.1) is 16.8 Å². The zero-order valence-corrected chi connectivity index (χ0v) is 12.8. The summed E-state index contributed by atoms with van der Waals surface area (Å²) in [5.74, 6) is 0.665. The second-order valence-electron chi connectivity index (χ2n) is 5.62. The fourth-order valence-corrected chi connectivity index (χ4v) is 2.88. The first-order valence-corrected chi connectivity index (χ1v) is 7.34. The monoisotopic (exact) mass is 347 g/mol. The van der Waals surface area contributed by atoms with Crippen LogP contribution in [0.3, 0.4) is 0 Å². The Labute approximate surface area is 140 Å². The van der Waals surface area contributed by atoms with Gasteiger partial charge >= 0.3 is 12.1 Å². The first-order chi connectivity index (χ1) is 11.8. The molecule has 0 amide bonds. The lowest BCUT2D eigenvalue weighted by atomic mass is 10.1. The molecule has 25 heavy (non-hydrogen) atoms. The number of halogens is 3. The highest BCUT2D eigenvalue weighted by molar-refractivity contribution is 5.97. The van der Waals surface area contributed by atoms with E-state index in [0.29, 0.717) is 16.8 Å². The molecule has 128 valence electrons. The molecule has 0 atom stereocenters. The highest BCUT2D eigenvalue weighted by Crippen LogP contribution is 2.38. The molecule has 1 aliphatic rings. The number of aromatic carboxylic acids is 1. The van der Waals surface area contributed by atoms with Crippen LogP contribution < -0.4 is 4.90 Å². The number of allylic oxidation sites excluding steroid dienone is 1. The highest BCUT2D eigenvalue weighted by Gasteiger charge is 2.31. The molecule has 0 saturated heterocycles. The third-order valence-corrected chi connectivity index (χ3v) is 4.04. The number of anilines is 1. The van der Waals surface area contributed by atoms with Gasteiger partial charge in [0.2, 0.25) is 0 Å². The van der Waals surface area contributed by atoms with Gasteiger partial charge in [-0.05, 0) is 29.3 Å². The van der Waals surface area contributed by atoms with Crippen molar-refractivity contribution in [2.45, 2.75) is 19.1 Å². The van der Waals surface area contributed by atoms with Crippen molar-refractivity contribution in [3.05, 3.63) is 70.4 Å². The van der Waals surface area contributed by atoms with Crippen molar-refractivity contribution in [2.75, 3.05) is 4.90 Å². The number of carboxylic acid groups (broad SMARTS) is 1. The Bertz CT molecular complexity index is 881. The number of hydrogen-bond acceptors (Lipinski definition) is 3. The van der Waals surface area contributed by atoms with Crippen molar-refractivity contribution in [3.8, 4) is 0 Å².